The van der Waals surface area contributed by atoms with Gasteiger partial charge >= 0.3 is 0 Å². The van der Waals surface area contributed by atoms with E-state index in [2.05, 4.69) is 30.5 Å². The summed E-state index contributed by atoms with van der Waals surface area (Å²) in [5, 5.41) is 7.88. The first-order valence-corrected chi connectivity index (χ1v) is 6.62. The lowest BCUT2D eigenvalue weighted by atomic mass is 10.0. The summed E-state index contributed by atoms with van der Waals surface area (Å²) in [6, 6.07) is 0.616. The van der Waals surface area contributed by atoms with E-state index in [9.17, 15) is 0 Å². The van der Waals surface area contributed by atoms with E-state index >= 15 is 0 Å². The molecule has 1 saturated heterocycles. The molecule has 1 aromatic rings. The molecule has 2 heterocycles. The second-order valence-corrected chi connectivity index (χ2v) is 4.86. The lowest BCUT2D eigenvalue weighted by Gasteiger charge is -2.29. The molecular weight excluding hydrogens is 214 g/mol. The Morgan fingerprint density at radius 3 is 3.18 bits per heavy atom. The Kier molecular flexibility index (Phi) is 4.57. The number of nitrogens with zero attached hydrogens (tertiary/aromatic N) is 2. The van der Waals surface area contributed by atoms with Crippen molar-refractivity contribution in [3.8, 4) is 0 Å². The molecule has 1 fully saturated rings. The summed E-state index contributed by atoms with van der Waals surface area (Å²) < 4.78 is 7.67. The minimum absolute atomic E-state index is 0.452. The van der Waals surface area contributed by atoms with E-state index < -0.39 is 0 Å². The summed E-state index contributed by atoms with van der Waals surface area (Å²) >= 11 is 0. The molecule has 0 spiro atoms. The fourth-order valence-corrected chi connectivity index (χ4v) is 2.32. The zero-order chi connectivity index (χ0) is 12.1. The molecule has 17 heavy (non-hydrogen) atoms. The van der Waals surface area contributed by atoms with Crippen molar-refractivity contribution in [2.45, 2.75) is 51.8 Å². The van der Waals surface area contributed by atoms with Crippen LogP contribution in [0.4, 0.5) is 0 Å². The highest BCUT2D eigenvalue weighted by atomic mass is 16.5. The number of hydrogen-bond acceptors (Lipinski definition) is 3. The van der Waals surface area contributed by atoms with Crippen LogP contribution in [0, 0.1) is 6.92 Å². The molecule has 0 bridgehead atoms. The Hall–Kier alpha value is -0.870. The van der Waals surface area contributed by atoms with Crippen LogP contribution in [-0.4, -0.2) is 35.1 Å². The lowest BCUT2D eigenvalue weighted by molar-refractivity contribution is -0.0000998. The zero-order valence-corrected chi connectivity index (χ0v) is 10.9. The monoisotopic (exact) mass is 237 g/mol. The van der Waals surface area contributed by atoms with E-state index in [1.807, 2.05) is 10.9 Å². The van der Waals surface area contributed by atoms with Crippen LogP contribution >= 0.6 is 0 Å². The molecule has 1 aliphatic rings. The van der Waals surface area contributed by atoms with E-state index in [-0.39, 0.29) is 0 Å². The van der Waals surface area contributed by atoms with Crippen molar-refractivity contribution in [3.63, 3.8) is 0 Å². The maximum atomic E-state index is 5.67. The first kappa shape index (κ1) is 12.6. The minimum Gasteiger partial charge on any atom is -0.378 e. The van der Waals surface area contributed by atoms with E-state index in [1.54, 1.807) is 0 Å². The quantitative estimate of drug-likeness (QED) is 0.848. The van der Waals surface area contributed by atoms with Crippen LogP contribution in [-0.2, 0) is 11.3 Å². The van der Waals surface area contributed by atoms with Crippen molar-refractivity contribution >= 4 is 0 Å². The summed E-state index contributed by atoms with van der Waals surface area (Å²) in [5.41, 5.74) is 1.22. The molecule has 0 aliphatic carbocycles. The van der Waals surface area contributed by atoms with Gasteiger partial charge in [-0.2, -0.15) is 5.10 Å². The van der Waals surface area contributed by atoms with Crippen LogP contribution in [0.1, 0.15) is 31.7 Å². The van der Waals surface area contributed by atoms with E-state index in [0.29, 0.717) is 12.1 Å². The minimum atomic E-state index is 0.452. The van der Waals surface area contributed by atoms with Gasteiger partial charge in [-0.25, -0.2) is 0 Å². The smallest absolute Gasteiger partial charge is 0.0587 e. The molecular formula is C13H23N3O. The van der Waals surface area contributed by atoms with Crippen LogP contribution < -0.4 is 5.32 Å². The Bertz CT molecular complexity index is 337. The van der Waals surface area contributed by atoms with Crippen LogP contribution in [0.25, 0.3) is 0 Å². The van der Waals surface area contributed by atoms with Crippen LogP contribution in [0.2, 0.25) is 0 Å². The number of rotatable bonds is 5. The average Bonchev–Trinajstić information content (AvgIpc) is 2.75. The first-order chi connectivity index (χ1) is 8.28. The van der Waals surface area contributed by atoms with Gasteiger partial charge in [0.1, 0.15) is 0 Å². The molecule has 0 radical (unpaired) electrons. The van der Waals surface area contributed by atoms with E-state index in [4.69, 9.17) is 4.74 Å². The molecule has 0 saturated carbocycles. The van der Waals surface area contributed by atoms with E-state index in [1.165, 1.54) is 5.56 Å². The Labute approximate surface area is 103 Å². The van der Waals surface area contributed by atoms with Gasteiger partial charge in [0.25, 0.3) is 0 Å². The maximum absolute atomic E-state index is 5.67. The summed E-state index contributed by atoms with van der Waals surface area (Å²) in [7, 11) is 0. The third kappa shape index (κ3) is 3.82. The largest absolute Gasteiger partial charge is 0.378 e. The highest BCUT2D eigenvalue weighted by molar-refractivity contribution is 4.99. The van der Waals surface area contributed by atoms with Crippen LogP contribution in [0.3, 0.4) is 0 Å². The maximum Gasteiger partial charge on any atom is 0.0587 e. The van der Waals surface area contributed by atoms with Gasteiger partial charge in [0, 0.05) is 25.4 Å². The molecule has 1 aromatic heterocycles. The third-order valence-electron chi connectivity index (χ3n) is 3.36. The average molecular weight is 237 g/mol. The van der Waals surface area contributed by atoms with Crippen molar-refractivity contribution in [2.24, 2.45) is 0 Å². The molecule has 4 heteroatoms. The van der Waals surface area contributed by atoms with Gasteiger partial charge in [-0.15, -0.1) is 0 Å². The number of hydrogen-bond donors (Lipinski definition) is 1. The normalized spacial score (nSPS) is 25.1. The number of ether oxygens (including phenoxy) is 1. The van der Waals surface area contributed by atoms with Gasteiger partial charge in [0.15, 0.2) is 0 Å². The predicted octanol–water partition coefficient (Wildman–Crippen LogP) is 1.74. The lowest BCUT2D eigenvalue weighted by Crippen LogP contribution is -2.40. The van der Waals surface area contributed by atoms with Crippen LogP contribution in [0.15, 0.2) is 12.4 Å². The van der Waals surface area contributed by atoms with Crippen molar-refractivity contribution in [3.05, 3.63) is 18.0 Å². The fourth-order valence-electron chi connectivity index (χ4n) is 2.32. The molecule has 2 atom stereocenters. The molecule has 4 nitrogen and oxygen atoms in total. The van der Waals surface area contributed by atoms with Gasteiger partial charge in [-0.1, -0.05) is 6.92 Å². The summed E-state index contributed by atoms with van der Waals surface area (Å²) in [6.07, 6.45) is 7.84. The zero-order valence-electron chi connectivity index (χ0n) is 10.9. The van der Waals surface area contributed by atoms with Gasteiger partial charge in [-0.3, -0.25) is 4.68 Å². The highest BCUT2D eigenvalue weighted by Crippen LogP contribution is 2.15. The van der Waals surface area contributed by atoms with Gasteiger partial charge in [0.05, 0.1) is 18.8 Å². The Morgan fingerprint density at radius 2 is 2.47 bits per heavy atom. The van der Waals surface area contributed by atoms with Gasteiger partial charge in [0.2, 0.25) is 0 Å². The van der Waals surface area contributed by atoms with Crippen molar-refractivity contribution in [1.29, 1.82) is 0 Å². The second-order valence-electron chi connectivity index (χ2n) is 4.86. The first-order valence-electron chi connectivity index (χ1n) is 6.62. The number of aryl methyl sites for hydroxylation is 1. The molecule has 1 N–H and O–H groups in total. The van der Waals surface area contributed by atoms with Crippen molar-refractivity contribution in [1.82, 2.24) is 15.1 Å². The van der Waals surface area contributed by atoms with Crippen molar-refractivity contribution < 1.29 is 4.74 Å². The van der Waals surface area contributed by atoms with Crippen molar-refractivity contribution in [2.75, 3.05) is 13.2 Å². The number of aromatic nitrogens is 2. The summed E-state index contributed by atoms with van der Waals surface area (Å²) in [5.74, 6) is 0. The SMILES string of the molecule is CCC1CC(NCCn2cc(C)cn2)CCO1. The third-order valence-corrected chi connectivity index (χ3v) is 3.36. The standard InChI is InChI=1S/C13H23N3O/c1-3-13-8-12(4-7-17-13)14-5-6-16-10-11(2)9-15-16/h9-10,12-14H,3-8H2,1-2H3. The topological polar surface area (TPSA) is 39.1 Å². The predicted molar refractivity (Wildman–Crippen MR) is 68.0 cm³/mol. The van der Waals surface area contributed by atoms with Gasteiger partial charge < -0.3 is 10.1 Å². The molecule has 0 aromatic carbocycles. The molecule has 1 aliphatic heterocycles. The molecule has 2 rings (SSSR count). The highest BCUT2D eigenvalue weighted by Gasteiger charge is 2.20. The number of nitrogens with one attached hydrogen (secondary N) is 1. The second kappa shape index (κ2) is 6.17. The van der Waals surface area contributed by atoms with Crippen LogP contribution in [0.5, 0.6) is 0 Å². The fraction of sp³-hybridized carbons (Fsp3) is 0.769. The summed E-state index contributed by atoms with van der Waals surface area (Å²) in [6.45, 7) is 7.10. The molecule has 2 unspecified atom stereocenters. The Morgan fingerprint density at radius 1 is 1.59 bits per heavy atom. The molecule has 96 valence electrons. The summed E-state index contributed by atoms with van der Waals surface area (Å²) in [4.78, 5) is 0. The molecule has 0 amide bonds. The van der Waals surface area contributed by atoms with E-state index in [0.717, 1.165) is 39.0 Å². The van der Waals surface area contributed by atoms with Gasteiger partial charge in [-0.05, 0) is 31.7 Å². The Balaban J connectivity index is 1.68.